The molecule has 0 aliphatic rings. The Morgan fingerprint density at radius 1 is 1.00 bits per heavy atom. The molecule has 0 spiro atoms. The van der Waals surface area contributed by atoms with E-state index in [4.69, 9.17) is 34.8 Å². The summed E-state index contributed by atoms with van der Waals surface area (Å²) in [5, 5.41) is 11.9. The first-order chi connectivity index (χ1) is 17.7. The fraction of sp³-hybridized carbons (Fsp3) is 0.250. The molecule has 0 atom stereocenters. The predicted octanol–water partition coefficient (Wildman–Crippen LogP) is 7.42. The predicted molar refractivity (Wildman–Crippen MR) is 151 cm³/mol. The first-order valence-electron chi connectivity index (χ1n) is 11.8. The summed E-state index contributed by atoms with van der Waals surface area (Å²) in [6.07, 6.45) is 3.36. The number of halogens is 4. The molecule has 10 heteroatoms. The van der Waals surface area contributed by atoms with Crippen LogP contribution in [0.5, 0.6) is 0 Å². The van der Waals surface area contributed by atoms with E-state index in [1.165, 1.54) is 12.1 Å². The summed E-state index contributed by atoms with van der Waals surface area (Å²) in [6.45, 7) is 4.98. The number of imidazole rings is 1. The van der Waals surface area contributed by atoms with Gasteiger partial charge < -0.3 is 9.67 Å². The maximum absolute atomic E-state index is 14.9. The molecule has 0 saturated carbocycles. The zero-order valence-electron chi connectivity index (χ0n) is 21.2. The molecular formula is C28H26Cl3FN2O3S. The highest BCUT2D eigenvalue weighted by Gasteiger charge is 2.24. The molecule has 5 nitrogen and oxygen atoms in total. The summed E-state index contributed by atoms with van der Waals surface area (Å²) < 4.78 is 41.3. The van der Waals surface area contributed by atoms with Crippen molar-refractivity contribution in [2.75, 3.05) is 6.26 Å². The van der Waals surface area contributed by atoms with E-state index in [0.717, 1.165) is 11.8 Å². The highest BCUT2D eigenvalue weighted by molar-refractivity contribution is 7.90. The van der Waals surface area contributed by atoms with Gasteiger partial charge in [0.15, 0.2) is 9.84 Å². The van der Waals surface area contributed by atoms with Crippen LogP contribution in [0.15, 0.2) is 59.6 Å². The van der Waals surface area contributed by atoms with Gasteiger partial charge in [-0.2, -0.15) is 0 Å². The van der Waals surface area contributed by atoms with Crippen LogP contribution >= 0.6 is 34.8 Å². The van der Waals surface area contributed by atoms with E-state index in [1.807, 2.05) is 6.07 Å². The number of hydrogen-bond acceptors (Lipinski definition) is 4. The van der Waals surface area contributed by atoms with Crippen molar-refractivity contribution in [3.05, 3.63) is 98.3 Å². The fourth-order valence-corrected chi connectivity index (χ4v) is 5.99. The summed E-state index contributed by atoms with van der Waals surface area (Å²) in [5.41, 5.74) is 1.69. The molecule has 0 fully saturated rings. The maximum Gasteiger partial charge on any atom is 0.175 e. The minimum Gasteiger partial charge on any atom is -0.384 e. The van der Waals surface area contributed by atoms with Gasteiger partial charge in [0.05, 0.1) is 21.3 Å². The van der Waals surface area contributed by atoms with Crippen molar-refractivity contribution in [3.8, 4) is 16.8 Å². The summed E-state index contributed by atoms with van der Waals surface area (Å²) >= 11 is 19.2. The maximum atomic E-state index is 14.9. The summed E-state index contributed by atoms with van der Waals surface area (Å²) in [7, 11) is -3.64. The molecule has 0 radical (unpaired) electrons. The number of aromatic nitrogens is 2. The van der Waals surface area contributed by atoms with Gasteiger partial charge in [-0.15, -0.1) is 0 Å². The Labute approximate surface area is 236 Å². The van der Waals surface area contributed by atoms with Crippen molar-refractivity contribution >= 4 is 44.6 Å². The Bertz CT molecular complexity index is 1640. The third kappa shape index (κ3) is 5.92. The summed E-state index contributed by atoms with van der Waals surface area (Å²) in [5.74, 6) is -0.00381. The largest absolute Gasteiger partial charge is 0.384 e. The van der Waals surface area contributed by atoms with Crippen LogP contribution in [0.1, 0.15) is 43.4 Å². The molecule has 1 aromatic heterocycles. The first-order valence-corrected chi connectivity index (χ1v) is 14.8. The van der Waals surface area contributed by atoms with Gasteiger partial charge in [0.25, 0.3) is 0 Å². The van der Waals surface area contributed by atoms with E-state index in [0.29, 0.717) is 49.8 Å². The van der Waals surface area contributed by atoms with Crippen molar-refractivity contribution in [2.45, 2.75) is 44.1 Å². The molecule has 0 bridgehead atoms. The van der Waals surface area contributed by atoms with Crippen molar-refractivity contribution in [3.63, 3.8) is 0 Å². The molecule has 4 aromatic rings. The van der Waals surface area contributed by atoms with Gasteiger partial charge in [-0.1, -0.05) is 53.9 Å². The highest BCUT2D eigenvalue weighted by atomic mass is 35.5. The van der Waals surface area contributed by atoms with Crippen molar-refractivity contribution in [2.24, 2.45) is 0 Å². The number of nitrogens with zero attached hydrogens (tertiary/aromatic N) is 2. The van der Waals surface area contributed by atoms with Crippen molar-refractivity contribution in [1.29, 1.82) is 0 Å². The van der Waals surface area contributed by atoms with Gasteiger partial charge in [-0.05, 0) is 73.4 Å². The van der Waals surface area contributed by atoms with Crippen LogP contribution in [0.2, 0.25) is 15.1 Å². The number of rotatable bonds is 7. The molecule has 1 N–H and O–H groups in total. The average molecular weight is 596 g/mol. The Balaban J connectivity index is 1.82. The van der Waals surface area contributed by atoms with Crippen LogP contribution in [0.3, 0.4) is 0 Å². The van der Waals surface area contributed by atoms with Gasteiger partial charge in [0.2, 0.25) is 0 Å². The Morgan fingerprint density at radius 3 is 2.29 bits per heavy atom. The van der Waals surface area contributed by atoms with Gasteiger partial charge >= 0.3 is 0 Å². The number of sulfone groups is 1. The van der Waals surface area contributed by atoms with Crippen LogP contribution in [-0.2, 0) is 28.3 Å². The number of hydrogen-bond donors (Lipinski definition) is 1. The van der Waals surface area contributed by atoms with E-state index < -0.39 is 21.3 Å². The monoisotopic (exact) mass is 594 g/mol. The Kier molecular flexibility index (Phi) is 7.99. The molecule has 0 amide bonds. The lowest BCUT2D eigenvalue weighted by atomic mass is 10.0. The SMILES string of the molecule is CCc1c(F)cc(-c2ccc(-n3cc(C(C)(C)O)nc3Cc3ccc(Cl)cc3Cl)c(Cl)c2)cc1S(C)(=O)=O. The lowest BCUT2D eigenvalue weighted by molar-refractivity contribution is 0.0741. The zero-order valence-corrected chi connectivity index (χ0v) is 24.3. The second kappa shape index (κ2) is 10.6. The molecule has 1 heterocycles. The van der Waals surface area contributed by atoms with E-state index in [2.05, 4.69) is 4.98 Å². The summed E-state index contributed by atoms with van der Waals surface area (Å²) in [4.78, 5) is 4.61. The molecular weight excluding hydrogens is 570 g/mol. The zero-order chi connectivity index (χ0) is 28.0. The quantitative estimate of drug-likeness (QED) is 0.241. The smallest absolute Gasteiger partial charge is 0.175 e. The number of benzene rings is 3. The van der Waals surface area contributed by atoms with E-state index in [-0.39, 0.29) is 16.9 Å². The van der Waals surface area contributed by atoms with Gasteiger partial charge in [-0.3, -0.25) is 0 Å². The third-order valence-electron chi connectivity index (χ3n) is 6.22. The van der Waals surface area contributed by atoms with E-state index in [1.54, 1.807) is 61.9 Å². The second-order valence-corrected chi connectivity index (χ2v) is 12.8. The average Bonchev–Trinajstić information content (AvgIpc) is 3.24. The number of aliphatic hydroxyl groups is 1. The topological polar surface area (TPSA) is 72.2 Å². The van der Waals surface area contributed by atoms with Gasteiger partial charge in [0, 0.05) is 34.5 Å². The molecule has 4 rings (SSSR count). The lowest BCUT2D eigenvalue weighted by Crippen LogP contribution is -2.15. The molecule has 0 saturated heterocycles. The second-order valence-electron chi connectivity index (χ2n) is 9.61. The highest BCUT2D eigenvalue weighted by Crippen LogP contribution is 2.34. The van der Waals surface area contributed by atoms with Crippen LogP contribution < -0.4 is 0 Å². The van der Waals surface area contributed by atoms with Gasteiger partial charge in [0.1, 0.15) is 17.2 Å². The van der Waals surface area contributed by atoms with Crippen LogP contribution in [0.4, 0.5) is 4.39 Å². The molecule has 0 aliphatic heterocycles. The minimum absolute atomic E-state index is 0.0400. The first kappa shape index (κ1) is 28.6. The third-order valence-corrected chi connectivity index (χ3v) is 8.27. The molecule has 200 valence electrons. The molecule has 3 aromatic carbocycles. The van der Waals surface area contributed by atoms with E-state index >= 15 is 0 Å². The Hall–Kier alpha value is -2.42. The fourth-order valence-electron chi connectivity index (χ4n) is 4.22. The summed E-state index contributed by atoms with van der Waals surface area (Å²) in [6, 6.07) is 13.1. The van der Waals surface area contributed by atoms with Crippen molar-refractivity contribution < 1.29 is 17.9 Å². The van der Waals surface area contributed by atoms with Crippen LogP contribution in [-0.4, -0.2) is 29.3 Å². The van der Waals surface area contributed by atoms with Crippen LogP contribution in [0, 0.1) is 5.82 Å². The normalized spacial score (nSPS) is 12.2. The standard InChI is InChI=1S/C28H26Cl3FN2O3S/c1-5-20-23(32)11-18(12-25(20)38(4,36)37)16-7-9-24(22(31)10-16)34-15-26(28(2,3)35)33-27(34)13-17-6-8-19(29)14-21(17)30/h6-12,14-15,35H,5,13H2,1-4H3. The Morgan fingerprint density at radius 2 is 1.71 bits per heavy atom. The molecule has 0 unspecified atom stereocenters. The van der Waals surface area contributed by atoms with Crippen molar-refractivity contribution in [1.82, 2.24) is 9.55 Å². The molecule has 38 heavy (non-hydrogen) atoms. The van der Waals surface area contributed by atoms with E-state index in [9.17, 15) is 17.9 Å². The van der Waals surface area contributed by atoms with Gasteiger partial charge in [-0.25, -0.2) is 17.8 Å². The minimum atomic E-state index is -3.64. The molecule has 0 aliphatic carbocycles. The van der Waals surface area contributed by atoms with Crippen LogP contribution in [0.25, 0.3) is 16.8 Å². The lowest BCUT2D eigenvalue weighted by Gasteiger charge is -2.14.